The molecule has 0 nitrogen and oxygen atoms in total. The van der Waals surface area contributed by atoms with Gasteiger partial charge in [0.2, 0.25) is 0 Å². The fraction of sp³-hybridized carbons (Fsp3) is 0.692. The van der Waals surface area contributed by atoms with Crippen molar-refractivity contribution in [2.75, 3.05) is 0 Å². The van der Waals surface area contributed by atoms with Gasteiger partial charge in [0.15, 0.2) is 0 Å². The Morgan fingerprint density at radius 1 is 0.692 bits per heavy atom. The van der Waals surface area contributed by atoms with Crippen LogP contribution in [0.4, 0.5) is 0 Å². The van der Waals surface area contributed by atoms with Gasteiger partial charge in [-0.05, 0) is 12.8 Å². The lowest BCUT2D eigenvalue weighted by Crippen LogP contribution is -1.69. The standard InChI is InChI=1S/C13H20/c1-3-5-7-9-11-13-12-10-8-6-4-2/h3-8,13H2,1-2H3. The summed E-state index contributed by atoms with van der Waals surface area (Å²) in [5.74, 6) is 12.4. The molecule has 13 heavy (non-hydrogen) atoms. The molecular weight excluding hydrogens is 156 g/mol. The van der Waals surface area contributed by atoms with Gasteiger partial charge in [-0.15, -0.1) is 11.8 Å². The van der Waals surface area contributed by atoms with Gasteiger partial charge in [0.1, 0.15) is 0 Å². The molecule has 0 aromatic carbocycles. The van der Waals surface area contributed by atoms with Gasteiger partial charge >= 0.3 is 0 Å². The highest BCUT2D eigenvalue weighted by atomic mass is 13.8. The van der Waals surface area contributed by atoms with E-state index in [2.05, 4.69) is 37.5 Å². The zero-order chi connectivity index (χ0) is 9.78. The molecule has 0 saturated carbocycles. The first kappa shape index (κ1) is 12.1. The smallest absolute Gasteiger partial charge is 0.0702 e. The fourth-order valence-electron chi connectivity index (χ4n) is 0.876. The van der Waals surface area contributed by atoms with Crippen LogP contribution in [0.25, 0.3) is 0 Å². The van der Waals surface area contributed by atoms with Gasteiger partial charge in [-0.3, -0.25) is 0 Å². The van der Waals surface area contributed by atoms with Crippen LogP contribution in [0.1, 0.15) is 58.8 Å². The molecule has 0 aliphatic carbocycles. The third-order valence-electron chi connectivity index (χ3n) is 1.74. The Morgan fingerprint density at radius 2 is 1.15 bits per heavy atom. The Labute approximate surface area is 83.1 Å². The quantitative estimate of drug-likeness (QED) is 0.452. The second-order valence-electron chi connectivity index (χ2n) is 3.09. The summed E-state index contributed by atoms with van der Waals surface area (Å²) in [6.07, 6.45) is 7.73. The van der Waals surface area contributed by atoms with Crippen LogP contribution >= 0.6 is 0 Å². The Bertz CT molecular complexity index is 180. The van der Waals surface area contributed by atoms with Gasteiger partial charge in [0, 0.05) is 12.8 Å². The highest BCUT2D eigenvalue weighted by molar-refractivity contribution is 5.11. The molecule has 0 rings (SSSR count). The molecule has 0 spiro atoms. The van der Waals surface area contributed by atoms with Crippen LogP contribution in [0.2, 0.25) is 0 Å². The Balaban J connectivity index is 3.28. The van der Waals surface area contributed by atoms with Gasteiger partial charge in [-0.1, -0.05) is 38.5 Å². The minimum absolute atomic E-state index is 0.757. The van der Waals surface area contributed by atoms with Gasteiger partial charge in [0.05, 0.1) is 6.42 Å². The maximum absolute atomic E-state index is 3.12. The van der Waals surface area contributed by atoms with Crippen LogP contribution in [0, 0.1) is 23.7 Å². The monoisotopic (exact) mass is 176 g/mol. The predicted molar refractivity (Wildman–Crippen MR) is 59.2 cm³/mol. The van der Waals surface area contributed by atoms with Crippen molar-refractivity contribution >= 4 is 0 Å². The second-order valence-corrected chi connectivity index (χ2v) is 3.09. The Hall–Kier alpha value is -0.880. The first-order chi connectivity index (χ1) is 6.41. The SMILES string of the molecule is CCCCC#CCC#CCCCC. The van der Waals surface area contributed by atoms with E-state index in [9.17, 15) is 0 Å². The van der Waals surface area contributed by atoms with E-state index in [1.54, 1.807) is 0 Å². The molecule has 0 aromatic rings. The highest BCUT2D eigenvalue weighted by Gasteiger charge is 1.76. The lowest BCUT2D eigenvalue weighted by molar-refractivity contribution is 0.827. The van der Waals surface area contributed by atoms with Crippen LogP contribution in [-0.2, 0) is 0 Å². The summed E-state index contributed by atoms with van der Waals surface area (Å²) in [6.45, 7) is 4.37. The molecule has 72 valence electrons. The molecule has 0 saturated heterocycles. The van der Waals surface area contributed by atoms with E-state index in [4.69, 9.17) is 0 Å². The molecule has 0 radical (unpaired) electrons. The molecule has 0 atom stereocenters. The number of hydrogen-bond donors (Lipinski definition) is 0. The maximum atomic E-state index is 3.12. The van der Waals surface area contributed by atoms with Crippen molar-refractivity contribution in [3.63, 3.8) is 0 Å². The van der Waals surface area contributed by atoms with E-state index in [-0.39, 0.29) is 0 Å². The van der Waals surface area contributed by atoms with E-state index in [0.29, 0.717) is 0 Å². The summed E-state index contributed by atoms with van der Waals surface area (Å²) in [4.78, 5) is 0. The van der Waals surface area contributed by atoms with E-state index < -0.39 is 0 Å². The van der Waals surface area contributed by atoms with Crippen molar-refractivity contribution in [2.24, 2.45) is 0 Å². The summed E-state index contributed by atoms with van der Waals surface area (Å²) in [5, 5.41) is 0. The normalized spacial score (nSPS) is 8.15. The van der Waals surface area contributed by atoms with E-state index >= 15 is 0 Å². The van der Waals surface area contributed by atoms with Gasteiger partial charge in [-0.2, -0.15) is 0 Å². The first-order valence-electron chi connectivity index (χ1n) is 5.33. The van der Waals surface area contributed by atoms with Crippen molar-refractivity contribution in [3.8, 4) is 23.7 Å². The van der Waals surface area contributed by atoms with Crippen molar-refractivity contribution in [1.29, 1.82) is 0 Å². The third-order valence-corrected chi connectivity index (χ3v) is 1.74. The molecule has 0 bridgehead atoms. The zero-order valence-corrected chi connectivity index (χ0v) is 8.95. The van der Waals surface area contributed by atoms with Crippen LogP contribution < -0.4 is 0 Å². The summed E-state index contributed by atoms with van der Waals surface area (Å²) in [5.41, 5.74) is 0. The number of unbranched alkanes of at least 4 members (excludes halogenated alkanes) is 4. The van der Waals surface area contributed by atoms with Gasteiger partial charge in [0.25, 0.3) is 0 Å². The molecular formula is C13H20. The largest absolute Gasteiger partial charge is 0.102 e. The van der Waals surface area contributed by atoms with E-state index in [1.165, 1.54) is 25.7 Å². The molecule has 0 N–H and O–H groups in total. The van der Waals surface area contributed by atoms with Crippen molar-refractivity contribution in [2.45, 2.75) is 58.8 Å². The predicted octanol–water partition coefficient (Wildman–Crippen LogP) is 3.76. The summed E-state index contributed by atoms with van der Waals surface area (Å²) >= 11 is 0. The topological polar surface area (TPSA) is 0 Å². The van der Waals surface area contributed by atoms with Crippen molar-refractivity contribution in [1.82, 2.24) is 0 Å². The van der Waals surface area contributed by atoms with Crippen LogP contribution in [-0.4, -0.2) is 0 Å². The number of hydrogen-bond acceptors (Lipinski definition) is 0. The third kappa shape index (κ3) is 11.1. The highest BCUT2D eigenvalue weighted by Crippen LogP contribution is 1.92. The molecule has 0 fully saturated rings. The lowest BCUT2D eigenvalue weighted by Gasteiger charge is -1.83. The van der Waals surface area contributed by atoms with E-state index in [1.807, 2.05) is 0 Å². The molecule has 0 amide bonds. The first-order valence-corrected chi connectivity index (χ1v) is 5.33. The summed E-state index contributed by atoms with van der Waals surface area (Å²) in [7, 11) is 0. The average molecular weight is 176 g/mol. The van der Waals surface area contributed by atoms with Crippen molar-refractivity contribution < 1.29 is 0 Å². The minimum atomic E-state index is 0.757. The number of rotatable bonds is 4. The van der Waals surface area contributed by atoms with Crippen LogP contribution in [0.5, 0.6) is 0 Å². The van der Waals surface area contributed by atoms with Crippen LogP contribution in [0.3, 0.4) is 0 Å². The fourth-order valence-corrected chi connectivity index (χ4v) is 0.876. The summed E-state index contributed by atoms with van der Waals surface area (Å²) in [6, 6.07) is 0. The molecule has 0 unspecified atom stereocenters. The van der Waals surface area contributed by atoms with E-state index in [0.717, 1.165) is 19.3 Å². The molecule has 0 aliphatic rings. The molecule has 0 heteroatoms. The van der Waals surface area contributed by atoms with Crippen LogP contribution in [0.15, 0.2) is 0 Å². The summed E-state index contributed by atoms with van der Waals surface area (Å²) < 4.78 is 0. The average Bonchev–Trinajstić information content (AvgIpc) is 2.16. The van der Waals surface area contributed by atoms with Crippen molar-refractivity contribution in [3.05, 3.63) is 0 Å². The molecule has 0 aliphatic heterocycles. The minimum Gasteiger partial charge on any atom is -0.102 e. The zero-order valence-electron chi connectivity index (χ0n) is 8.95. The Morgan fingerprint density at radius 3 is 1.54 bits per heavy atom. The maximum Gasteiger partial charge on any atom is 0.0702 e. The van der Waals surface area contributed by atoms with Gasteiger partial charge in [-0.25, -0.2) is 0 Å². The second kappa shape index (κ2) is 11.1. The van der Waals surface area contributed by atoms with Gasteiger partial charge < -0.3 is 0 Å². The lowest BCUT2D eigenvalue weighted by atomic mass is 10.2. The molecule has 0 heterocycles. The Kier molecular flexibility index (Phi) is 10.4. The molecule has 0 aromatic heterocycles.